The molecule has 27 heavy (non-hydrogen) atoms. The highest BCUT2D eigenvalue weighted by molar-refractivity contribution is 5.88. The Balaban J connectivity index is 1.41. The van der Waals surface area contributed by atoms with Crippen LogP contribution >= 0.6 is 0 Å². The van der Waals surface area contributed by atoms with Crippen molar-refractivity contribution in [1.29, 1.82) is 0 Å². The number of nitrogens with zero attached hydrogens (tertiary/aromatic N) is 9. The number of aromatic nitrogens is 7. The van der Waals surface area contributed by atoms with Crippen LogP contribution in [-0.2, 0) is 6.42 Å². The molecule has 0 spiro atoms. The minimum atomic E-state index is 0.821. The number of aryl methyl sites for hydroxylation is 1. The molecular formula is C18H19N9. The van der Waals surface area contributed by atoms with Crippen LogP contribution in [0.25, 0.3) is 16.6 Å². The van der Waals surface area contributed by atoms with E-state index in [4.69, 9.17) is 0 Å². The van der Waals surface area contributed by atoms with Crippen LogP contribution in [0.5, 0.6) is 0 Å². The molecule has 0 saturated carbocycles. The summed E-state index contributed by atoms with van der Waals surface area (Å²) in [6.07, 6.45) is 9.76. The van der Waals surface area contributed by atoms with E-state index < -0.39 is 0 Å². The van der Waals surface area contributed by atoms with E-state index >= 15 is 0 Å². The fourth-order valence-corrected chi connectivity index (χ4v) is 3.60. The van der Waals surface area contributed by atoms with Crippen LogP contribution < -0.4 is 9.80 Å². The van der Waals surface area contributed by atoms with Gasteiger partial charge in [-0.25, -0.2) is 15.0 Å². The highest BCUT2D eigenvalue weighted by Crippen LogP contribution is 2.25. The van der Waals surface area contributed by atoms with Gasteiger partial charge in [-0.15, -0.1) is 10.2 Å². The number of anilines is 2. The van der Waals surface area contributed by atoms with E-state index in [2.05, 4.69) is 46.9 Å². The Morgan fingerprint density at radius 3 is 2.56 bits per heavy atom. The van der Waals surface area contributed by atoms with E-state index in [9.17, 15) is 0 Å². The number of pyridine rings is 1. The molecule has 4 aromatic heterocycles. The first-order valence-corrected chi connectivity index (χ1v) is 9.08. The molecular weight excluding hydrogens is 342 g/mol. The highest BCUT2D eigenvalue weighted by Gasteiger charge is 2.23. The third-order valence-corrected chi connectivity index (χ3v) is 4.99. The molecule has 1 saturated heterocycles. The van der Waals surface area contributed by atoms with Gasteiger partial charge < -0.3 is 9.80 Å². The van der Waals surface area contributed by atoms with Crippen molar-refractivity contribution >= 4 is 28.2 Å². The zero-order valence-electron chi connectivity index (χ0n) is 15.0. The highest BCUT2D eigenvalue weighted by atomic mass is 15.3. The number of hydrogen-bond acceptors (Lipinski definition) is 8. The van der Waals surface area contributed by atoms with Crippen molar-refractivity contribution in [3.8, 4) is 0 Å². The normalized spacial score (nSPS) is 15.0. The van der Waals surface area contributed by atoms with Crippen molar-refractivity contribution < 1.29 is 0 Å². The molecule has 0 aromatic carbocycles. The van der Waals surface area contributed by atoms with Gasteiger partial charge in [0.05, 0.1) is 11.7 Å². The Bertz CT molecular complexity index is 1090. The van der Waals surface area contributed by atoms with Crippen LogP contribution in [0, 0.1) is 0 Å². The fraction of sp³-hybridized carbons (Fsp3) is 0.333. The van der Waals surface area contributed by atoms with Crippen LogP contribution in [0.3, 0.4) is 0 Å². The summed E-state index contributed by atoms with van der Waals surface area (Å²) in [4.78, 5) is 22.1. The summed E-state index contributed by atoms with van der Waals surface area (Å²) in [5, 5.41) is 9.66. The summed E-state index contributed by atoms with van der Waals surface area (Å²) in [5.41, 5.74) is 1.69. The van der Waals surface area contributed by atoms with E-state index in [-0.39, 0.29) is 0 Å². The van der Waals surface area contributed by atoms with Crippen molar-refractivity contribution in [2.45, 2.75) is 13.3 Å². The van der Waals surface area contributed by atoms with Gasteiger partial charge >= 0.3 is 0 Å². The number of piperazine rings is 1. The van der Waals surface area contributed by atoms with Crippen LogP contribution in [-0.4, -0.2) is 60.7 Å². The second kappa shape index (κ2) is 6.42. The fourth-order valence-electron chi connectivity index (χ4n) is 3.60. The molecule has 0 unspecified atom stereocenters. The molecule has 1 aliphatic rings. The molecule has 0 amide bonds. The Labute approximate surface area is 155 Å². The lowest BCUT2D eigenvalue weighted by Gasteiger charge is -2.36. The van der Waals surface area contributed by atoms with Crippen LogP contribution in [0.2, 0.25) is 0 Å². The standard InChI is InChI=1S/C18H19N9/c1-2-15-23-24-18-17(20-5-6-27(15)18)26-9-7-25(8-10-26)16-13-3-4-19-11-14(13)21-12-22-16/h3-6,11-12H,2,7-10H2,1H3. The summed E-state index contributed by atoms with van der Waals surface area (Å²) in [6.45, 7) is 5.48. The predicted octanol–water partition coefficient (Wildman–Crippen LogP) is 1.35. The first-order valence-electron chi connectivity index (χ1n) is 9.08. The SMILES string of the molecule is CCc1nnc2c(N3CCN(c4ncnc5cnccc45)CC3)nccn12. The van der Waals surface area contributed by atoms with E-state index in [0.717, 1.165) is 66.6 Å². The van der Waals surface area contributed by atoms with Crippen LogP contribution in [0.1, 0.15) is 12.7 Å². The summed E-state index contributed by atoms with van der Waals surface area (Å²) < 4.78 is 2.03. The second-order valence-electron chi connectivity index (χ2n) is 6.48. The zero-order chi connectivity index (χ0) is 18.2. The molecule has 1 fully saturated rings. The Morgan fingerprint density at radius 1 is 0.926 bits per heavy atom. The average Bonchev–Trinajstić information content (AvgIpc) is 3.17. The van der Waals surface area contributed by atoms with Crippen molar-refractivity contribution in [3.05, 3.63) is 43.0 Å². The van der Waals surface area contributed by atoms with Crippen molar-refractivity contribution in [2.24, 2.45) is 0 Å². The molecule has 0 radical (unpaired) electrons. The van der Waals surface area contributed by atoms with Gasteiger partial charge in [0.1, 0.15) is 18.0 Å². The monoisotopic (exact) mass is 361 g/mol. The van der Waals surface area contributed by atoms with Gasteiger partial charge in [-0.3, -0.25) is 9.38 Å². The predicted molar refractivity (Wildman–Crippen MR) is 102 cm³/mol. The van der Waals surface area contributed by atoms with Gasteiger partial charge in [0.25, 0.3) is 0 Å². The molecule has 1 aliphatic heterocycles. The molecule has 136 valence electrons. The molecule has 9 heteroatoms. The van der Waals surface area contributed by atoms with Crippen molar-refractivity contribution in [2.75, 3.05) is 36.0 Å². The maximum atomic E-state index is 4.58. The lowest BCUT2D eigenvalue weighted by molar-refractivity contribution is 0.643. The molecule has 0 bridgehead atoms. The molecule has 9 nitrogen and oxygen atoms in total. The third-order valence-electron chi connectivity index (χ3n) is 4.99. The number of rotatable bonds is 3. The lowest BCUT2D eigenvalue weighted by Crippen LogP contribution is -2.47. The van der Waals surface area contributed by atoms with Gasteiger partial charge in [0, 0.05) is 56.6 Å². The summed E-state index contributed by atoms with van der Waals surface area (Å²) in [7, 11) is 0. The Kier molecular flexibility index (Phi) is 3.77. The van der Waals surface area contributed by atoms with Crippen molar-refractivity contribution in [1.82, 2.24) is 34.5 Å². The topological polar surface area (TPSA) is 88.2 Å². The van der Waals surface area contributed by atoms with Crippen LogP contribution in [0.15, 0.2) is 37.2 Å². The Hall–Kier alpha value is -3.36. The molecule has 0 atom stereocenters. The minimum absolute atomic E-state index is 0.821. The molecule has 5 rings (SSSR count). The van der Waals surface area contributed by atoms with Gasteiger partial charge in [0.15, 0.2) is 5.82 Å². The third kappa shape index (κ3) is 2.62. The summed E-state index contributed by atoms with van der Waals surface area (Å²) in [5.74, 6) is 2.80. The van der Waals surface area contributed by atoms with Gasteiger partial charge in [-0.1, -0.05) is 6.92 Å². The van der Waals surface area contributed by atoms with E-state index in [1.807, 2.05) is 22.9 Å². The first kappa shape index (κ1) is 15.9. The van der Waals surface area contributed by atoms with Crippen LogP contribution in [0.4, 0.5) is 11.6 Å². The smallest absolute Gasteiger partial charge is 0.203 e. The first-order chi connectivity index (χ1) is 13.3. The van der Waals surface area contributed by atoms with Gasteiger partial charge in [-0.2, -0.15) is 0 Å². The quantitative estimate of drug-likeness (QED) is 0.540. The lowest BCUT2D eigenvalue weighted by atomic mass is 10.2. The van der Waals surface area contributed by atoms with E-state index in [1.165, 1.54) is 0 Å². The van der Waals surface area contributed by atoms with E-state index in [1.54, 1.807) is 18.7 Å². The average molecular weight is 361 g/mol. The molecule has 0 N–H and O–H groups in total. The Morgan fingerprint density at radius 2 is 1.74 bits per heavy atom. The van der Waals surface area contributed by atoms with Gasteiger partial charge in [0.2, 0.25) is 5.65 Å². The summed E-state index contributed by atoms with van der Waals surface area (Å²) in [6, 6.07) is 1.97. The molecule has 0 aliphatic carbocycles. The number of fused-ring (bicyclic) bond motifs is 2. The number of hydrogen-bond donors (Lipinski definition) is 0. The zero-order valence-corrected chi connectivity index (χ0v) is 15.0. The van der Waals surface area contributed by atoms with Crippen molar-refractivity contribution in [3.63, 3.8) is 0 Å². The van der Waals surface area contributed by atoms with Gasteiger partial charge in [-0.05, 0) is 6.07 Å². The summed E-state index contributed by atoms with van der Waals surface area (Å²) >= 11 is 0. The largest absolute Gasteiger partial charge is 0.352 e. The maximum Gasteiger partial charge on any atom is 0.203 e. The molecule has 5 heterocycles. The van der Waals surface area contributed by atoms with E-state index in [0.29, 0.717) is 0 Å². The minimum Gasteiger partial charge on any atom is -0.352 e. The molecule has 4 aromatic rings. The second-order valence-corrected chi connectivity index (χ2v) is 6.48. The maximum absolute atomic E-state index is 4.58.